The molecular weight excluding hydrogens is 136 g/mol. The van der Waals surface area contributed by atoms with Crippen molar-refractivity contribution in [1.82, 2.24) is 0 Å². The first-order valence-corrected chi connectivity index (χ1v) is 4.57. The largest absolute Gasteiger partial charge is 0.513 e. The molecule has 0 unspecified atom stereocenters. The number of aliphatic hydroxyl groups is 1. The molecule has 0 amide bonds. The van der Waals surface area contributed by atoms with Crippen molar-refractivity contribution in [3.05, 3.63) is 12.3 Å². The number of allylic oxidation sites excluding steroid dienone is 1. The van der Waals surface area contributed by atoms with E-state index in [9.17, 15) is 0 Å². The predicted molar refractivity (Wildman–Crippen MR) is 49.7 cm³/mol. The van der Waals surface area contributed by atoms with Crippen molar-refractivity contribution < 1.29 is 5.11 Å². The summed E-state index contributed by atoms with van der Waals surface area (Å²) in [6, 6.07) is 0. The van der Waals surface area contributed by atoms with Crippen LogP contribution in [0.4, 0.5) is 0 Å². The van der Waals surface area contributed by atoms with Crippen LogP contribution in [-0.2, 0) is 0 Å². The highest BCUT2D eigenvalue weighted by atomic mass is 16.3. The second kappa shape index (κ2) is 6.26. The van der Waals surface area contributed by atoms with E-state index in [0.29, 0.717) is 11.7 Å². The van der Waals surface area contributed by atoms with Gasteiger partial charge in [-0.15, -0.1) is 0 Å². The molecule has 0 atom stereocenters. The minimum atomic E-state index is 0.344. The molecule has 1 nitrogen and oxygen atoms in total. The number of aliphatic hydroxyl groups excluding tert-OH is 1. The van der Waals surface area contributed by atoms with Gasteiger partial charge in [-0.3, -0.25) is 0 Å². The predicted octanol–water partition coefficient (Wildman–Crippen LogP) is 3.66. The zero-order valence-corrected chi connectivity index (χ0v) is 7.77. The molecule has 0 bridgehead atoms. The van der Waals surface area contributed by atoms with E-state index >= 15 is 0 Å². The van der Waals surface area contributed by atoms with Gasteiger partial charge in [0.15, 0.2) is 0 Å². The molecule has 0 aromatic heterocycles. The van der Waals surface area contributed by atoms with Gasteiger partial charge in [0.2, 0.25) is 0 Å². The van der Waals surface area contributed by atoms with Gasteiger partial charge in [0, 0.05) is 6.42 Å². The highest BCUT2D eigenvalue weighted by molar-refractivity contribution is 4.82. The summed E-state index contributed by atoms with van der Waals surface area (Å²) >= 11 is 0. The normalized spacial score (nSPS) is 10.5. The van der Waals surface area contributed by atoms with E-state index in [1.165, 1.54) is 25.7 Å². The fourth-order valence-electron chi connectivity index (χ4n) is 1.50. The first-order chi connectivity index (χ1) is 5.20. The van der Waals surface area contributed by atoms with Crippen LogP contribution in [0, 0.1) is 5.92 Å². The lowest BCUT2D eigenvalue weighted by Gasteiger charge is -2.13. The summed E-state index contributed by atoms with van der Waals surface area (Å²) in [6.45, 7) is 7.88. The topological polar surface area (TPSA) is 20.2 Å². The molecule has 1 heteroatoms. The Morgan fingerprint density at radius 2 is 1.73 bits per heavy atom. The number of hydrogen-bond donors (Lipinski definition) is 1. The van der Waals surface area contributed by atoms with Crippen LogP contribution >= 0.6 is 0 Å². The Labute approximate surface area is 70.1 Å². The fourth-order valence-corrected chi connectivity index (χ4v) is 1.50. The first kappa shape index (κ1) is 10.5. The van der Waals surface area contributed by atoms with E-state index in [1.54, 1.807) is 0 Å². The minimum absolute atomic E-state index is 0.344. The maximum absolute atomic E-state index is 8.98. The van der Waals surface area contributed by atoms with Crippen LogP contribution in [-0.4, -0.2) is 5.11 Å². The standard InChI is InChI=1S/C10H20O/c1-4-6-10(7-5-2)8-9(3)11/h10-11H,3-8H2,1-2H3. The third-order valence-electron chi connectivity index (χ3n) is 1.92. The second-order valence-electron chi connectivity index (χ2n) is 3.21. The van der Waals surface area contributed by atoms with Crippen molar-refractivity contribution in [3.63, 3.8) is 0 Å². The quantitative estimate of drug-likeness (QED) is 0.582. The number of hydrogen-bond acceptors (Lipinski definition) is 1. The summed E-state index contributed by atoms with van der Waals surface area (Å²) in [5.41, 5.74) is 0. The second-order valence-corrected chi connectivity index (χ2v) is 3.21. The first-order valence-electron chi connectivity index (χ1n) is 4.57. The molecule has 0 aliphatic carbocycles. The van der Waals surface area contributed by atoms with Crippen LogP contribution in [0.1, 0.15) is 46.0 Å². The van der Waals surface area contributed by atoms with Gasteiger partial charge < -0.3 is 5.11 Å². The zero-order valence-electron chi connectivity index (χ0n) is 7.77. The van der Waals surface area contributed by atoms with Crippen molar-refractivity contribution in [2.75, 3.05) is 0 Å². The highest BCUT2D eigenvalue weighted by Gasteiger charge is 2.06. The van der Waals surface area contributed by atoms with E-state index < -0.39 is 0 Å². The Kier molecular flexibility index (Phi) is 6.00. The molecular formula is C10H20O. The SMILES string of the molecule is C=C(O)CC(CCC)CCC. The molecule has 0 saturated heterocycles. The van der Waals surface area contributed by atoms with E-state index in [2.05, 4.69) is 20.4 Å². The van der Waals surface area contributed by atoms with Crippen molar-refractivity contribution in [2.24, 2.45) is 5.92 Å². The molecule has 0 aromatic carbocycles. The molecule has 0 fully saturated rings. The molecule has 0 spiro atoms. The Hall–Kier alpha value is -0.460. The van der Waals surface area contributed by atoms with Crippen LogP contribution < -0.4 is 0 Å². The van der Waals surface area contributed by atoms with E-state index in [4.69, 9.17) is 5.11 Å². The van der Waals surface area contributed by atoms with Crippen LogP contribution in [0.15, 0.2) is 12.3 Å². The molecule has 1 N–H and O–H groups in total. The summed E-state index contributed by atoms with van der Waals surface area (Å²) in [6.07, 6.45) is 5.64. The fraction of sp³-hybridized carbons (Fsp3) is 0.800. The highest BCUT2D eigenvalue weighted by Crippen LogP contribution is 2.19. The minimum Gasteiger partial charge on any atom is -0.513 e. The summed E-state index contributed by atoms with van der Waals surface area (Å²) in [4.78, 5) is 0. The molecule has 0 saturated carbocycles. The Morgan fingerprint density at radius 3 is 2.00 bits per heavy atom. The smallest absolute Gasteiger partial charge is 0.0853 e. The molecule has 11 heavy (non-hydrogen) atoms. The van der Waals surface area contributed by atoms with E-state index in [-0.39, 0.29) is 0 Å². The lowest BCUT2D eigenvalue weighted by Crippen LogP contribution is -2.00. The third kappa shape index (κ3) is 5.96. The molecule has 0 aliphatic rings. The van der Waals surface area contributed by atoms with Gasteiger partial charge in [0.25, 0.3) is 0 Å². The Bertz CT molecular complexity index is 101. The van der Waals surface area contributed by atoms with Gasteiger partial charge in [0.1, 0.15) is 0 Å². The van der Waals surface area contributed by atoms with Gasteiger partial charge >= 0.3 is 0 Å². The van der Waals surface area contributed by atoms with Gasteiger partial charge in [-0.05, 0) is 5.92 Å². The maximum Gasteiger partial charge on any atom is 0.0853 e. The van der Waals surface area contributed by atoms with Crippen LogP contribution in [0.25, 0.3) is 0 Å². The summed E-state index contributed by atoms with van der Waals surface area (Å²) in [5, 5.41) is 8.98. The lowest BCUT2D eigenvalue weighted by atomic mass is 9.94. The molecule has 0 rings (SSSR count). The average Bonchev–Trinajstić information content (AvgIpc) is 1.87. The van der Waals surface area contributed by atoms with Crippen LogP contribution in [0.5, 0.6) is 0 Å². The Balaban J connectivity index is 3.59. The van der Waals surface area contributed by atoms with Gasteiger partial charge in [0.05, 0.1) is 5.76 Å². The Morgan fingerprint density at radius 1 is 1.27 bits per heavy atom. The van der Waals surface area contributed by atoms with Crippen molar-refractivity contribution in [1.29, 1.82) is 0 Å². The summed E-state index contributed by atoms with van der Waals surface area (Å²) < 4.78 is 0. The van der Waals surface area contributed by atoms with Crippen molar-refractivity contribution >= 4 is 0 Å². The zero-order chi connectivity index (χ0) is 8.69. The molecule has 0 radical (unpaired) electrons. The molecule has 0 aliphatic heterocycles. The van der Waals surface area contributed by atoms with E-state index in [1.807, 2.05) is 0 Å². The molecule has 66 valence electrons. The van der Waals surface area contributed by atoms with Gasteiger partial charge in [-0.1, -0.05) is 46.1 Å². The van der Waals surface area contributed by atoms with Crippen molar-refractivity contribution in [3.8, 4) is 0 Å². The molecule has 0 heterocycles. The van der Waals surface area contributed by atoms with Crippen molar-refractivity contribution in [2.45, 2.75) is 46.0 Å². The molecule has 0 aromatic rings. The van der Waals surface area contributed by atoms with Gasteiger partial charge in [-0.25, -0.2) is 0 Å². The average molecular weight is 156 g/mol. The monoisotopic (exact) mass is 156 g/mol. The van der Waals surface area contributed by atoms with Crippen LogP contribution in [0.3, 0.4) is 0 Å². The third-order valence-corrected chi connectivity index (χ3v) is 1.92. The van der Waals surface area contributed by atoms with E-state index in [0.717, 1.165) is 6.42 Å². The van der Waals surface area contributed by atoms with Crippen LogP contribution in [0.2, 0.25) is 0 Å². The lowest BCUT2D eigenvalue weighted by molar-refractivity contribution is 0.330. The number of rotatable bonds is 6. The maximum atomic E-state index is 8.98. The summed E-state index contributed by atoms with van der Waals surface area (Å²) in [7, 11) is 0. The summed E-state index contributed by atoms with van der Waals surface area (Å²) in [5.74, 6) is 0.999. The van der Waals surface area contributed by atoms with Gasteiger partial charge in [-0.2, -0.15) is 0 Å².